The summed E-state index contributed by atoms with van der Waals surface area (Å²) in [5.74, 6) is -1.04. The maximum absolute atomic E-state index is 12.5. The van der Waals surface area contributed by atoms with Gasteiger partial charge >= 0.3 is 0 Å². The number of hydrogen-bond donors (Lipinski definition) is 2. The minimum absolute atomic E-state index is 0.114. The van der Waals surface area contributed by atoms with Crippen molar-refractivity contribution in [2.24, 2.45) is 5.92 Å². The molecule has 11 nitrogen and oxygen atoms in total. The van der Waals surface area contributed by atoms with Crippen molar-refractivity contribution in [3.8, 4) is 0 Å². The van der Waals surface area contributed by atoms with E-state index in [1.54, 1.807) is 34.9 Å². The largest absolute Gasteiger partial charge is 0.398 e. The first-order valence-electron chi connectivity index (χ1n) is 14.4. The summed E-state index contributed by atoms with van der Waals surface area (Å²) in [6.45, 7) is 4.99. The highest BCUT2D eigenvalue weighted by atomic mass is 16.2. The van der Waals surface area contributed by atoms with Crippen molar-refractivity contribution in [3.05, 3.63) is 64.8 Å². The molecule has 3 saturated heterocycles. The van der Waals surface area contributed by atoms with E-state index in [4.69, 9.17) is 5.73 Å². The Morgan fingerprint density at radius 1 is 0.929 bits per heavy atom. The number of likely N-dealkylation sites (N-methyl/N-ethyl adjacent to an activating group) is 1. The van der Waals surface area contributed by atoms with Crippen LogP contribution in [0.15, 0.2) is 53.6 Å². The Bertz CT molecular complexity index is 1460. The molecule has 6 amide bonds. The molecular weight excluding hydrogens is 538 g/mol. The summed E-state index contributed by atoms with van der Waals surface area (Å²) < 4.78 is 0. The third-order valence-corrected chi connectivity index (χ3v) is 8.48. The summed E-state index contributed by atoms with van der Waals surface area (Å²) in [5, 5.41) is 2.32. The third kappa shape index (κ3) is 5.26. The van der Waals surface area contributed by atoms with E-state index in [2.05, 4.69) is 24.4 Å². The molecule has 0 saturated carbocycles. The van der Waals surface area contributed by atoms with Crippen LogP contribution in [0.5, 0.6) is 0 Å². The number of carbonyl (C=O) groups is 6. The Balaban J connectivity index is 0.000000168. The molecule has 220 valence electrons. The van der Waals surface area contributed by atoms with Gasteiger partial charge in [-0.15, -0.1) is 0 Å². The molecule has 6 rings (SSSR count). The summed E-state index contributed by atoms with van der Waals surface area (Å²) in [6.07, 6.45) is 10.3. The lowest BCUT2D eigenvalue weighted by atomic mass is 10.0. The topological polar surface area (TPSA) is 150 Å². The van der Waals surface area contributed by atoms with E-state index < -0.39 is 12.1 Å². The zero-order valence-corrected chi connectivity index (χ0v) is 23.8. The van der Waals surface area contributed by atoms with Gasteiger partial charge in [0.1, 0.15) is 12.1 Å². The highest BCUT2D eigenvalue weighted by Gasteiger charge is 2.43. The van der Waals surface area contributed by atoms with Gasteiger partial charge in [-0.25, -0.2) is 0 Å². The first kappa shape index (κ1) is 29.0. The third-order valence-electron chi connectivity index (χ3n) is 8.48. The number of likely N-dealkylation sites (tertiary alicyclic amines) is 2. The van der Waals surface area contributed by atoms with Crippen LogP contribution in [0.3, 0.4) is 0 Å². The van der Waals surface area contributed by atoms with Gasteiger partial charge in [-0.05, 0) is 55.9 Å². The second kappa shape index (κ2) is 11.8. The molecule has 5 aliphatic rings. The number of carbonyl (C=O) groups excluding carboxylic acids is 6. The second-order valence-corrected chi connectivity index (χ2v) is 11.0. The fourth-order valence-electron chi connectivity index (χ4n) is 6.12. The molecular formula is C31H35N5O6. The average Bonchev–Trinajstić information content (AvgIpc) is 3.36. The molecule has 0 aromatic heterocycles. The normalized spacial score (nSPS) is 25.4. The number of amides is 6. The lowest BCUT2D eigenvalue weighted by Crippen LogP contribution is -2.54. The van der Waals surface area contributed by atoms with Crippen LogP contribution in [0, 0.1) is 5.92 Å². The van der Waals surface area contributed by atoms with Gasteiger partial charge < -0.3 is 15.5 Å². The number of imide groups is 2. The Hall–Kier alpha value is -4.54. The standard InChI is InChI=1S/C16H18N2O3.C15H17N3O3/c1-2-10-4-3-5-12-11(8-10)9-18(16(12)21)13-6-7-14(19)17-15(13)20;1-2-17-13(19)7-6-12(15(17)21)18-8-10-9(14(18)20)4-3-5-11(10)16/h3-5,8,10,13H,2,6-7,9H2,1H3,(H,17,19,20);3-5,12H,2,6-8,16H2,1H3. The van der Waals surface area contributed by atoms with Gasteiger partial charge in [0.15, 0.2) is 0 Å². The molecule has 0 spiro atoms. The van der Waals surface area contributed by atoms with E-state index in [9.17, 15) is 28.8 Å². The smallest absolute Gasteiger partial charge is 0.255 e. The number of nitrogens with zero attached hydrogens (tertiary/aromatic N) is 3. The number of nitrogens with one attached hydrogen (secondary N) is 1. The van der Waals surface area contributed by atoms with E-state index in [-0.39, 0.29) is 41.9 Å². The Kier molecular flexibility index (Phi) is 8.11. The molecule has 0 radical (unpaired) electrons. The highest BCUT2D eigenvalue weighted by molar-refractivity contribution is 6.07. The molecule has 1 aliphatic carbocycles. The molecule has 1 aromatic rings. The first-order chi connectivity index (χ1) is 20.1. The van der Waals surface area contributed by atoms with Crippen LogP contribution in [0.1, 0.15) is 61.9 Å². The van der Waals surface area contributed by atoms with Gasteiger partial charge in [-0.2, -0.15) is 0 Å². The summed E-state index contributed by atoms with van der Waals surface area (Å²) in [7, 11) is 0. The number of nitrogens with two attached hydrogens (primary N) is 1. The van der Waals surface area contributed by atoms with E-state index in [1.165, 1.54) is 4.90 Å². The van der Waals surface area contributed by atoms with Crippen LogP contribution in [0.25, 0.3) is 0 Å². The molecule has 4 heterocycles. The van der Waals surface area contributed by atoms with Gasteiger partial charge in [-0.1, -0.05) is 31.2 Å². The van der Waals surface area contributed by atoms with Crippen molar-refractivity contribution >= 4 is 41.1 Å². The summed E-state index contributed by atoms with van der Waals surface area (Å²) in [6, 6.07) is 4.11. The van der Waals surface area contributed by atoms with Crippen LogP contribution in [0.4, 0.5) is 5.69 Å². The van der Waals surface area contributed by atoms with Gasteiger partial charge in [0, 0.05) is 54.9 Å². The van der Waals surface area contributed by atoms with Crippen molar-refractivity contribution in [2.45, 2.75) is 64.6 Å². The number of hydrogen-bond acceptors (Lipinski definition) is 7. The van der Waals surface area contributed by atoms with E-state index in [0.29, 0.717) is 61.6 Å². The van der Waals surface area contributed by atoms with Crippen molar-refractivity contribution < 1.29 is 28.8 Å². The number of allylic oxidation sites excluding steroid dienone is 4. The maximum Gasteiger partial charge on any atom is 0.255 e. The Labute approximate surface area is 244 Å². The van der Waals surface area contributed by atoms with Crippen LogP contribution in [-0.4, -0.2) is 75.3 Å². The number of nitrogen functional groups attached to an aromatic ring is 1. The van der Waals surface area contributed by atoms with Gasteiger partial charge in [0.05, 0.1) is 0 Å². The SMILES string of the molecule is CCC1C=CC=C2C(=O)N(C3CCC(=O)NC3=O)CC2=C1.CCN1C(=O)CCC(N2Cc3c(N)cccc3C2=O)C1=O. The molecule has 4 aliphatic heterocycles. The van der Waals surface area contributed by atoms with Crippen molar-refractivity contribution in [2.75, 3.05) is 18.8 Å². The predicted molar refractivity (Wildman–Crippen MR) is 153 cm³/mol. The van der Waals surface area contributed by atoms with Crippen molar-refractivity contribution in [1.29, 1.82) is 0 Å². The first-order valence-corrected chi connectivity index (χ1v) is 14.4. The fourth-order valence-corrected chi connectivity index (χ4v) is 6.12. The minimum Gasteiger partial charge on any atom is -0.398 e. The molecule has 3 fully saturated rings. The lowest BCUT2D eigenvalue weighted by Gasteiger charge is -2.34. The number of benzene rings is 1. The van der Waals surface area contributed by atoms with Crippen LogP contribution in [0.2, 0.25) is 0 Å². The average molecular weight is 574 g/mol. The minimum atomic E-state index is -0.568. The van der Waals surface area contributed by atoms with Crippen molar-refractivity contribution in [3.63, 3.8) is 0 Å². The zero-order valence-electron chi connectivity index (χ0n) is 23.8. The predicted octanol–water partition coefficient (Wildman–Crippen LogP) is 1.84. The van der Waals surface area contributed by atoms with Gasteiger partial charge in [0.2, 0.25) is 17.7 Å². The molecule has 1 aromatic carbocycles. The number of piperidine rings is 2. The van der Waals surface area contributed by atoms with Gasteiger partial charge in [0.25, 0.3) is 17.7 Å². The van der Waals surface area contributed by atoms with Gasteiger partial charge in [-0.3, -0.25) is 39.0 Å². The summed E-state index contributed by atoms with van der Waals surface area (Å²) in [5.41, 5.74) is 9.46. The molecule has 0 bridgehead atoms. The number of rotatable bonds is 4. The lowest BCUT2D eigenvalue weighted by molar-refractivity contribution is -0.152. The monoisotopic (exact) mass is 573 g/mol. The van der Waals surface area contributed by atoms with E-state index in [0.717, 1.165) is 17.6 Å². The quantitative estimate of drug-likeness (QED) is 0.412. The Morgan fingerprint density at radius 2 is 1.67 bits per heavy atom. The summed E-state index contributed by atoms with van der Waals surface area (Å²) >= 11 is 0. The number of anilines is 1. The number of fused-ring (bicyclic) bond motifs is 2. The van der Waals surface area contributed by atoms with Crippen LogP contribution >= 0.6 is 0 Å². The molecule has 11 heteroatoms. The molecule has 3 N–H and O–H groups in total. The summed E-state index contributed by atoms with van der Waals surface area (Å²) in [4.78, 5) is 76.7. The van der Waals surface area contributed by atoms with E-state index in [1.807, 2.05) is 12.2 Å². The van der Waals surface area contributed by atoms with Crippen LogP contribution in [-0.2, 0) is 30.5 Å². The molecule has 3 atom stereocenters. The highest BCUT2D eigenvalue weighted by Crippen LogP contribution is 2.33. The second-order valence-electron chi connectivity index (χ2n) is 11.0. The molecule has 3 unspecified atom stereocenters. The Morgan fingerprint density at radius 3 is 2.36 bits per heavy atom. The van der Waals surface area contributed by atoms with Crippen molar-refractivity contribution in [1.82, 2.24) is 20.0 Å². The van der Waals surface area contributed by atoms with Crippen LogP contribution < -0.4 is 11.1 Å². The molecule has 42 heavy (non-hydrogen) atoms. The maximum atomic E-state index is 12.5. The fraction of sp³-hybridized carbons (Fsp3) is 0.419. The zero-order chi connectivity index (χ0) is 30.1. The van der Waals surface area contributed by atoms with E-state index >= 15 is 0 Å².